The summed E-state index contributed by atoms with van der Waals surface area (Å²) < 4.78 is 7.94. The Kier molecular flexibility index (Phi) is 6.79. The van der Waals surface area contributed by atoms with E-state index in [1.165, 1.54) is 0 Å². The number of aryl methyl sites for hydroxylation is 1. The first kappa shape index (κ1) is 20.9. The third-order valence-electron chi connectivity index (χ3n) is 4.90. The van der Waals surface area contributed by atoms with Gasteiger partial charge < -0.3 is 14.6 Å². The van der Waals surface area contributed by atoms with Gasteiger partial charge >= 0.3 is 0 Å². The van der Waals surface area contributed by atoms with Gasteiger partial charge in [-0.2, -0.15) is 0 Å². The summed E-state index contributed by atoms with van der Waals surface area (Å²) in [5, 5.41) is 3.62. The van der Waals surface area contributed by atoms with Crippen molar-refractivity contribution >= 4 is 28.5 Å². The van der Waals surface area contributed by atoms with Crippen molar-refractivity contribution in [2.45, 2.75) is 25.9 Å². The van der Waals surface area contributed by atoms with Crippen LogP contribution in [0.4, 0.5) is 0 Å². The van der Waals surface area contributed by atoms with Crippen LogP contribution in [0.15, 0.2) is 72.9 Å². The van der Waals surface area contributed by atoms with Crippen LogP contribution in [-0.2, 0) is 13.1 Å². The van der Waals surface area contributed by atoms with E-state index in [9.17, 15) is 4.79 Å². The first-order valence-electron chi connectivity index (χ1n) is 10.2. The van der Waals surface area contributed by atoms with E-state index in [-0.39, 0.29) is 5.91 Å². The number of fused-ring (bicyclic) bond motifs is 1. The fourth-order valence-corrected chi connectivity index (χ4v) is 3.48. The molecule has 0 bridgehead atoms. The maximum atomic E-state index is 12.4. The predicted octanol–water partition coefficient (Wildman–Crippen LogP) is 4.87. The number of ether oxygens (including phenoxy) is 1. The second-order valence-corrected chi connectivity index (χ2v) is 7.51. The summed E-state index contributed by atoms with van der Waals surface area (Å²) in [5.74, 6) is 1.43. The van der Waals surface area contributed by atoms with Crippen LogP contribution in [0.1, 0.15) is 29.2 Å². The quantitative estimate of drug-likeness (QED) is 0.381. The summed E-state index contributed by atoms with van der Waals surface area (Å²) in [7, 11) is 0. The molecule has 0 spiro atoms. The number of para-hydroxylation sites is 2. The predicted molar refractivity (Wildman–Crippen MR) is 121 cm³/mol. The number of benzene rings is 2. The molecular weight excluding hydrogens is 412 g/mol. The van der Waals surface area contributed by atoms with Crippen LogP contribution in [0.3, 0.4) is 0 Å². The Morgan fingerprint density at radius 3 is 2.61 bits per heavy atom. The van der Waals surface area contributed by atoms with Crippen LogP contribution in [0.25, 0.3) is 11.0 Å². The van der Waals surface area contributed by atoms with Gasteiger partial charge in [0.1, 0.15) is 17.3 Å². The van der Waals surface area contributed by atoms with Gasteiger partial charge in [-0.1, -0.05) is 29.8 Å². The van der Waals surface area contributed by atoms with Crippen molar-refractivity contribution in [1.29, 1.82) is 0 Å². The molecule has 0 fully saturated rings. The molecule has 0 aliphatic rings. The van der Waals surface area contributed by atoms with E-state index >= 15 is 0 Å². The van der Waals surface area contributed by atoms with Crippen LogP contribution < -0.4 is 10.1 Å². The molecule has 2 heterocycles. The lowest BCUT2D eigenvalue weighted by molar-refractivity contribution is 0.0944. The van der Waals surface area contributed by atoms with Crippen molar-refractivity contribution in [1.82, 2.24) is 19.9 Å². The van der Waals surface area contributed by atoms with E-state index in [1.54, 1.807) is 24.4 Å². The number of hydrogen-bond acceptors (Lipinski definition) is 4. The topological polar surface area (TPSA) is 69.0 Å². The number of rotatable bonds is 9. The zero-order chi connectivity index (χ0) is 21.5. The summed E-state index contributed by atoms with van der Waals surface area (Å²) in [5.41, 5.74) is 2.37. The van der Waals surface area contributed by atoms with Crippen LogP contribution in [0.2, 0.25) is 5.02 Å². The molecular formula is C24H23ClN4O2. The molecule has 0 aliphatic carbocycles. The average Bonchev–Trinajstić information content (AvgIpc) is 3.16. The number of nitrogens with zero attached hydrogens (tertiary/aromatic N) is 3. The van der Waals surface area contributed by atoms with Gasteiger partial charge in [-0.3, -0.25) is 9.78 Å². The molecule has 1 amide bonds. The molecule has 0 radical (unpaired) electrons. The molecule has 2 aromatic carbocycles. The number of hydrogen-bond donors (Lipinski definition) is 1. The second kappa shape index (κ2) is 10.1. The van der Waals surface area contributed by atoms with Crippen molar-refractivity contribution in [2.75, 3.05) is 6.61 Å². The third kappa shape index (κ3) is 5.41. The van der Waals surface area contributed by atoms with Gasteiger partial charge in [0.25, 0.3) is 5.91 Å². The SMILES string of the molecule is O=C(NCc1nc2ccccc2n1CCCCOc1ccc(Cl)cc1)c1ccccn1. The van der Waals surface area contributed by atoms with Crippen molar-refractivity contribution in [2.24, 2.45) is 0 Å². The highest BCUT2D eigenvalue weighted by molar-refractivity contribution is 6.30. The summed E-state index contributed by atoms with van der Waals surface area (Å²) >= 11 is 5.90. The van der Waals surface area contributed by atoms with Crippen molar-refractivity contribution in [3.05, 3.63) is 89.5 Å². The lowest BCUT2D eigenvalue weighted by atomic mass is 10.3. The normalized spacial score (nSPS) is 10.9. The molecule has 4 rings (SSSR count). The average molecular weight is 435 g/mol. The van der Waals surface area contributed by atoms with Crippen molar-refractivity contribution in [3.8, 4) is 5.75 Å². The van der Waals surface area contributed by atoms with E-state index in [2.05, 4.69) is 20.9 Å². The molecule has 0 aliphatic heterocycles. The molecule has 158 valence electrons. The highest BCUT2D eigenvalue weighted by Crippen LogP contribution is 2.18. The molecule has 2 aromatic heterocycles. The number of pyridine rings is 1. The number of nitrogens with one attached hydrogen (secondary N) is 1. The minimum atomic E-state index is -0.212. The van der Waals surface area contributed by atoms with Crippen LogP contribution in [-0.4, -0.2) is 27.0 Å². The minimum Gasteiger partial charge on any atom is -0.494 e. The molecule has 7 heteroatoms. The van der Waals surface area contributed by atoms with Crippen molar-refractivity contribution in [3.63, 3.8) is 0 Å². The van der Waals surface area contributed by atoms with Gasteiger partial charge in [-0.15, -0.1) is 0 Å². The fraction of sp³-hybridized carbons (Fsp3) is 0.208. The van der Waals surface area contributed by atoms with E-state index in [4.69, 9.17) is 21.3 Å². The zero-order valence-electron chi connectivity index (χ0n) is 17.0. The summed E-state index contributed by atoms with van der Waals surface area (Å²) in [6, 6.07) is 20.7. The number of carbonyl (C=O) groups excluding carboxylic acids is 1. The number of halogens is 1. The Morgan fingerprint density at radius 1 is 1.00 bits per heavy atom. The summed E-state index contributed by atoms with van der Waals surface area (Å²) in [6.45, 7) is 1.75. The molecule has 1 N–H and O–H groups in total. The molecule has 0 saturated carbocycles. The summed E-state index contributed by atoms with van der Waals surface area (Å²) in [6.07, 6.45) is 3.43. The van der Waals surface area contributed by atoms with Gasteiger partial charge in [0.15, 0.2) is 0 Å². The molecule has 0 saturated heterocycles. The van der Waals surface area contributed by atoms with Crippen LogP contribution in [0, 0.1) is 0 Å². The first-order valence-corrected chi connectivity index (χ1v) is 10.6. The lowest BCUT2D eigenvalue weighted by Gasteiger charge is -2.11. The standard InChI is InChI=1S/C24H23ClN4O2/c25-18-10-12-19(13-11-18)31-16-6-5-15-29-22-9-2-1-7-20(22)28-23(29)17-27-24(30)21-8-3-4-14-26-21/h1-4,7-14H,5-6,15-17H2,(H,27,30). The molecule has 6 nitrogen and oxygen atoms in total. The highest BCUT2D eigenvalue weighted by atomic mass is 35.5. The maximum absolute atomic E-state index is 12.4. The van der Waals surface area contributed by atoms with E-state index in [0.29, 0.717) is 23.9 Å². The van der Waals surface area contributed by atoms with Gasteiger partial charge in [0, 0.05) is 17.8 Å². The van der Waals surface area contributed by atoms with Crippen LogP contribution in [0.5, 0.6) is 5.75 Å². The summed E-state index contributed by atoms with van der Waals surface area (Å²) in [4.78, 5) is 21.2. The number of unbranched alkanes of at least 4 members (excludes halogenated alkanes) is 1. The first-order chi connectivity index (χ1) is 15.2. The Bertz CT molecular complexity index is 1140. The maximum Gasteiger partial charge on any atom is 0.270 e. The van der Waals surface area contributed by atoms with Gasteiger partial charge in [-0.05, 0) is 61.4 Å². The smallest absolute Gasteiger partial charge is 0.270 e. The van der Waals surface area contributed by atoms with Crippen molar-refractivity contribution < 1.29 is 9.53 Å². The Hall–Kier alpha value is -3.38. The van der Waals surface area contributed by atoms with Crippen LogP contribution >= 0.6 is 11.6 Å². The second-order valence-electron chi connectivity index (χ2n) is 7.08. The number of amides is 1. The number of carbonyl (C=O) groups is 1. The van der Waals surface area contributed by atoms with E-state index in [0.717, 1.165) is 42.0 Å². The Labute approximate surface area is 185 Å². The van der Waals surface area contributed by atoms with Gasteiger partial charge in [0.2, 0.25) is 0 Å². The zero-order valence-corrected chi connectivity index (χ0v) is 17.8. The minimum absolute atomic E-state index is 0.212. The molecule has 4 aromatic rings. The monoisotopic (exact) mass is 434 g/mol. The molecule has 0 unspecified atom stereocenters. The largest absolute Gasteiger partial charge is 0.494 e. The molecule has 31 heavy (non-hydrogen) atoms. The van der Waals surface area contributed by atoms with E-state index in [1.807, 2.05) is 42.5 Å². The lowest BCUT2D eigenvalue weighted by Crippen LogP contribution is -2.25. The fourth-order valence-electron chi connectivity index (χ4n) is 3.35. The molecule has 0 atom stereocenters. The number of aromatic nitrogens is 3. The highest BCUT2D eigenvalue weighted by Gasteiger charge is 2.12. The van der Waals surface area contributed by atoms with E-state index < -0.39 is 0 Å². The third-order valence-corrected chi connectivity index (χ3v) is 5.15. The Morgan fingerprint density at radius 2 is 1.81 bits per heavy atom. The number of imidazole rings is 1. The van der Waals surface area contributed by atoms with Gasteiger partial charge in [0.05, 0.1) is 24.2 Å². The Balaban J connectivity index is 1.37. The van der Waals surface area contributed by atoms with Gasteiger partial charge in [-0.25, -0.2) is 4.98 Å².